The lowest BCUT2D eigenvalue weighted by Gasteiger charge is -2.31. The zero-order valence-corrected chi connectivity index (χ0v) is 8.91. The molecule has 2 aliphatic rings. The zero-order chi connectivity index (χ0) is 10.1. The average Bonchev–Trinajstić information content (AvgIpc) is 2.56. The monoisotopic (exact) mass is 193 g/mol. The van der Waals surface area contributed by atoms with E-state index in [9.17, 15) is 4.79 Å². The van der Waals surface area contributed by atoms with Gasteiger partial charge in [0, 0.05) is 12.6 Å². The highest BCUT2D eigenvalue weighted by atomic mass is 16.2. The third-order valence-electron chi connectivity index (χ3n) is 3.86. The van der Waals surface area contributed by atoms with Crippen molar-refractivity contribution in [1.82, 2.24) is 4.90 Å². The fraction of sp³-hybridized carbons (Fsp3) is 0.750. The molecule has 3 unspecified atom stereocenters. The van der Waals surface area contributed by atoms with Gasteiger partial charge in [-0.25, -0.2) is 0 Å². The summed E-state index contributed by atoms with van der Waals surface area (Å²) in [6.45, 7) is 6.80. The SMILES string of the molecule is C=CC(=O)N1CC(C)C2CCCCC21. The Morgan fingerprint density at radius 3 is 2.86 bits per heavy atom. The smallest absolute Gasteiger partial charge is 0.246 e. The molecule has 0 bridgehead atoms. The van der Waals surface area contributed by atoms with Crippen LogP contribution >= 0.6 is 0 Å². The van der Waals surface area contributed by atoms with Gasteiger partial charge < -0.3 is 4.90 Å². The lowest BCUT2D eigenvalue weighted by Crippen LogP contribution is -2.38. The molecule has 1 amide bonds. The Morgan fingerprint density at radius 1 is 1.43 bits per heavy atom. The maximum atomic E-state index is 11.6. The van der Waals surface area contributed by atoms with Crippen molar-refractivity contribution in [3.8, 4) is 0 Å². The second kappa shape index (κ2) is 3.76. The summed E-state index contributed by atoms with van der Waals surface area (Å²) in [4.78, 5) is 13.7. The highest BCUT2D eigenvalue weighted by Crippen LogP contribution is 2.39. The molecule has 0 spiro atoms. The van der Waals surface area contributed by atoms with Crippen LogP contribution < -0.4 is 0 Å². The number of likely N-dealkylation sites (tertiary alicyclic amines) is 1. The molecule has 0 aromatic heterocycles. The minimum atomic E-state index is 0.131. The molecule has 0 aromatic carbocycles. The molecule has 0 N–H and O–H groups in total. The molecule has 1 saturated heterocycles. The first-order valence-electron chi connectivity index (χ1n) is 5.67. The van der Waals surface area contributed by atoms with E-state index in [4.69, 9.17) is 0 Å². The fourth-order valence-electron chi connectivity index (χ4n) is 3.14. The van der Waals surface area contributed by atoms with Crippen LogP contribution in [0.3, 0.4) is 0 Å². The number of carbonyl (C=O) groups is 1. The number of hydrogen-bond donors (Lipinski definition) is 0. The molecule has 0 aromatic rings. The van der Waals surface area contributed by atoms with Crippen LogP contribution in [0, 0.1) is 11.8 Å². The molecular formula is C12H19NO. The minimum Gasteiger partial charge on any atom is -0.336 e. The van der Waals surface area contributed by atoms with Crippen LogP contribution in [0.15, 0.2) is 12.7 Å². The lowest BCUT2D eigenvalue weighted by molar-refractivity contribution is -0.127. The van der Waals surface area contributed by atoms with Crippen LogP contribution in [-0.4, -0.2) is 23.4 Å². The molecular weight excluding hydrogens is 174 g/mol. The van der Waals surface area contributed by atoms with Crippen LogP contribution in [0.1, 0.15) is 32.6 Å². The quantitative estimate of drug-likeness (QED) is 0.585. The molecule has 0 radical (unpaired) electrons. The molecule has 1 aliphatic heterocycles. The molecule has 14 heavy (non-hydrogen) atoms. The van der Waals surface area contributed by atoms with Gasteiger partial charge in [0.2, 0.25) is 5.91 Å². The second-order valence-electron chi connectivity index (χ2n) is 4.69. The van der Waals surface area contributed by atoms with Crippen LogP contribution in [-0.2, 0) is 4.79 Å². The van der Waals surface area contributed by atoms with Gasteiger partial charge in [0.1, 0.15) is 0 Å². The Labute approximate surface area is 86.0 Å². The summed E-state index contributed by atoms with van der Waals surface area (Å²) >= 11 is 0. The Hall–Kier alpha value is -0.790. The van der Waals surface area contributed by atoms with Crippen molar-refractivity contribution in [3.05, 3.63) is 12.7 Å². The molecule has 2 rings (SSSR count). The Morgan fingerprint density at radius 2 is 2.14 bits per heavy atom. The Bertz CT molecular complexity index is 249. The summed E-state index contributed by atoms with van der Waals surface area (Å²) in [6, 6.07) is 0.518. The van der Waals surface area contributed by atoms with E-state index in [2.05, 4.69) is 13.5 Å². The maximum Gasteiger partial charge on any atom is 0.246 e. The van der Waals surface area contributed by atoms with Crippen molar-refractivity contribution in [2.24, 2.45) is 11.8 Å². The van der Waals surface area contributed by atoms with E-state index in [0.717, 1.165) is 12.5 Å². The van der Waals surface area contributed by atoms with Crippen LogP contribution in [0.2, 0.25) is 0 Å². The Balaban J connectivity index is 2.13. The van der Waals surface area contributed by atoms with E-state index in [1.807, 2.05) is 4.90 Å². The van der Waals surface area contributed by atoms with Gasteiger partial charge in [-0.1, -0.05) is 26.3 Å². The molecule has 1 saturated carbocycles. The third-order valence-corrected chi connectivity index (χ3v) is 3.86. The van der Waals surface area contributed by atoms with Crippen molar-refractivity contribution in [2.75, 3.05) is 6.54 Å². The normalized spacial score (nSPS) is 36.6. The predicted octanol–water partition coefficient (Wildman–Crippen LogP) is 2.21. The summed E-state index contributed by atoms with van der Waals surface area (Å²) in [5.41, 5.74) is 0. The molecule has 2 heteroatoms. The highest BCUT2D eigenvalue weighted by molar-refractivity contribution is 5.87. The summed E-state index contributed by atoms with van der Waals surface area (Å²) < 4.78 is 0. The van der Waals surface area contributed by atoms with Crippen molar-refractivity contribution >= 4 is 5.91 Å². The van der Waals surface area contributed by atoms with E-state index in [1.165, 1.54) is 31.8 Å². The van der Waals surface area contributed by atoms with Crippen molar-refractivity contribution in [2.45, 2.75) is 38.6 Å². The number of rotatable bonds is 1. The minimum absolute atomic E-state index is 0.131. The Kier molecular flexibility index (Phi) is 2.62. The van der Waals surface area contributed by atoms with Gasteiger partial charge in [-0.15, -0.1) is 0 Å². The number of nitrogens with zero attached hydrogens (tertiary/aromatic N) is 1. The van der Waals surface area contributed by atoms with Gasteiger partial charge in [-0.2, -0.15) is 0 Å². The number of carbonyl (C=O) groups excluding carboxylic acids is 1. The molecule has 3 atom stereocenters. The van der Waals surface area contributed by atoms with Gasteiger partial charge in [-0.05, 0) is 30.8 Å². The summed E-state index contributed by atoms with van der Waals surface area (Å²) in [7, 11) is 0. The van der Waals surface area contributed by atoms with E-state index in [0.29, 0.717) is 12.0 Å². The fourth-order valence-corrected chi connectivity index (χ4v) is 3.14. The van der Waals surface area contributed by atoms with E-state index < -0.39 is 0 Å². The second-order valence-corrected chi connectivity index (χ2v) is 4.69. The zero-order valence-electron chi connectivity index (χ0n) is 8.91. The highest BCUT2D eigenvalue weighted by Gasteiger charge is 2.41. The van der Waals surface area contributed by atoms with Crippen LogP contribution in [0.5, 0.6) is 0 Å². The summed E-state index contributed by atoms with van der Waals surface area (Å²) in [5.74, 6) is 1.57. The van der Waals surface area contributed by atoms with Crippen LogP contribution in [0.25, 0.3) is 0 Å². The van der Waals surface area contributed by atoms with Gasteiger partial charge in [0.05, 0.1) is 0 Å². The van der Waals surface area contributed by atoms with Crippen LogP contribution in [0.4, 0.5) is 0 Å². The standard InChI is InChI=1S/C12H19NO/c1-3-12(14)13-8-9(2)10-6-4-5-7-11(10)13/h3,9-11H,1,4-8H2,2H3. The predicted molar refractivity (Wildman–Crippen MR) is 56.8 cm³/mol. The number of fused-ring (bicyclic) bond motifs is 1. The molecule has 2 fully saturated rings. The third kappa shape index (κ3) is 1.47. The first-order chi connectivity index (χ1) is 6.74. The first-order valence-corrected chi connectivity index (χ1v) is 5.67. The van der Waals surface area contributed by atoms with Gasteiger partial charge >= 0.3 is 0 Å². The molecule has 2 nitrogen and oxygen atoms in total. The number of amides is 1. The van der Waals surface area contributed by atoms with Gasteiger partial charge in [-0.3, -0.25) is 4.79 Å². The van der Waals surface area contributed by atoms with E-state index in [1.54, 1.807) is 0 Å². The first kappa shape index (κ1) is 9.75. The van der Waals surface area contributed by atoms with Crippen molar-refractivity contribution < 1.29 is 4.79 Å². The molecule has 1 aliphatic carbocycles. The summed E-state index contributed by atoms with van der Waals surface area (Å²) in [5, 5.41) is 0. The molecule has 1 heterocycles. The van der Waals surface area contributed by atoms with Gasteiger partial charge in [0.15, 0.2) is 0 Å². The van der Waals surface area contributed by atoms with Gasteiger partial charge in [0.25, 0.3) is 0 Å². The molecule has 78 valence electrons. The summed E-state index contributed by atoms with van der Waals surface area (Å²) in [6.07, 6.45) is 6.61. The van der Waals surface area contributed by atoms with E-state index in [-0.39, 0.29) is 5.91 Å². The topological polar surface area (TPSA) is 20.3 Å². The number of hydrogen-bond acceptors (Lipinski definition) is 1. The largest absolute Gasteiger partial charge is 0.336 e. The maximum absolute atomic E-state index is 11.6. The lowest BCUT2D eigenvalue weighted by atomic mass is 9.80. The van der Waals surface area contributed by atoms with Crippen molar-refractivity contribution in [1.29, 1.82) is 0 Å². The van der Waals surface area contributed by atoms with E-state index >= 15 is 0 Å². The average molecular weight is 193 g/mol. The van der Waals surface area contributed by atoms with Crippen molar-refractivity contribution in [3.63, 3.8) is 0 Å².